The first-order valence-electron chi connectivity index (χ1n) is 10.3. The summed E-state index contributed by atoms with van der Waals surface area (Å²) in [5, 5.41) is 6.79. The van der Waals surface area contributed by atoms with E-state index in [4.69, 9.17) is 11.6 Å². The molecule has 0 unspecified atom stereocenters. The predicted octanol–water partition coefficient (Wildman–Crippen LogP) is 4.69. The molecule has 0 aliphatic heterocycles. The van der Waals surface area contributed by atoms with E-state index < -0.39 is 0 Å². The lowest BCUT2D eigenvalue weighted by Gasteiger charge is -2.30. The molecule has 29 heavy (non-hydrogen) atoms. The molecule has 1 aromatic carbocycles. The number of nitrogens with zero attached hydrogens (tertiary/aromatic N) is 1. The number of carbonyl (C=O) groups is 2. The zero-order chi connectivity index (χ0) is 20.7. The van der Waals surface area contributed by atoms with Gasteiger partial charge in [-0.15, -0.1) is 0 Å². The maximum absolute atomic E-state index is 12.7. The van der Waals surface area contributed by atoms with Crippen LogP contribution in [0.1, 0.15) is 71.2 Å². The monoisotopic (exact) mass is 413 g/mol. The Balaban J connectivity index is 1.47. The maximum atomic E-state index is 12.7. The fraction of sp³-hybridized carbons (Fsp3) is 0.435. The summed E-state index contributed by atoms with van der Waals surface area (Å²) in [6, 6.07) is 8.81. The van der Waals surface area contributed by atoms with Crippen LogP contribution in [0, 0.1) is 6.92 Å². The van der Waals surface area contributed by atoms with E-state index in [2.05, 4.69) is 15.6 Å². The maximum Gasteiger partial charge on any atom is 0.253 e. The molecule has 0 radical (unpaired) electrons. The molecule has 2 aromatic rings. The quantitative estimate of drug-likeness (QED) is 0.617. The van der Waals surface area contributed by atoms with E-state index in [1.165, 1.54) is 0 Å². The van der Waals surface area contributed by atoms with Gasteiger partial charge in [-0.25, -0.2) is 0 Å². The van der Waals surface area contributed by atoms with Crippen LogP contribution >= 0.6 is 11.6 Å². The molecular formula is C23H28ClN3O2. The number of amides is 2. The SMILES string of the molecule is Cc1cncc(C(=O)NC2(CCCCNC(=O)c3cccc(Cl)c3)CCCC2)c1. The number of nitrogens with one attached hydrogen (secondary N) is 2. The topological polar surface area (TPSA) is 71.1 Å². The largest absolute Gasteiger partial charge is 0.352 e. The smallest absolute Gasteiger partial charge is 0.253 e. The van der Waals surface area contributed by atoms with Gasteiger partial charge in [-0.05, 0) is 68.9 Å². The number of aromatic nitrogens is 1. The first-order valence-corrected chi connectivity index (χ1v) is 10.6. The predicted molar refractivity (Wildman–Crippen MR) is 115 cm³/mol. The van der Waals surface area contributed by atoms with Crippen molar-refractivity contribution in [2.75, 3.05) is 6.54 Å². The normalized spacial score (nSPS) is 15.1. The van der Waals surface area contributed by atoms with Crippen LogP contribution < -0.4 is 10.6 Å². The van der Waals surface area contributed by atoms with Gasteiger partial charge in [-0.3, -0.25) is 14.6 Å². The Morgan fingerprint density at radius 1 is 1.07 bits per heavy atom. The van der Waals surface area contributed by atoms with E-state index in [1.54, 1.807) is 36.7 Å². The van der Waals surface area contributed by atoms with Crippen molar-refractivity contribution in [1.29, 1.82) is 0 Å². The Kier molecular flexibility index (Phi) is 7.26. The molecular weight excluding hydrogens is 386 g/mol. The van der Waals surface area contributed by atoms with Gasteiger partial charge in [0.1, 0.15) is 0 Å². The fourth-order valence-corrected chi connectivity index (χ4v) is 4.19. The molecule has 1 aliphatic carbocycles. The van der Waals surface area contributed by atoms with Crippen molar-refractivity contribution < 1.29 is 9.59 Å². The van der Waals surface area contributed by atoms with Crippen LogP contribution in [0.25, 0.3) is 0 Å². The van der Waals surface area contributed by atoms with E-state index in [0.29, 0.717) is 22.7 Å². The first kappa shape index (κ1) is 21.3. The van der Waals surface area contributed by atoms with Crippen LogP contribution in [-0.4, -0.2) is 28.9 Å². The molecule has 1 aromatic heterocycles. The zero-order valence-electron chi connectivity index (χ0n) is 16.8. The van der Waals surface area contributed by atoms with E-state index in [1.807, 2.05) is 13.0 Å². The molecule has 0 atom stereocenters. The molecule has 0 spiro atoms. The average molecular weight is 414 g/mol. The second kappa shape index (κ2) is 9.88. The minimum Gasteiger partial charge on any atom is -0.352 e. The van der Waals surface area contributed by atoms with Crippen molar-refractivity contribution in [3.05, 3.63) is 64.4 Å². The van der Waals surface area contributed by atoms with Gasteiger partial charge in [-0.1, -0.05) is 30.5 Å². The molecule has 2 N–H and O–H groups in total. The van der Waals surface area contributed by atoms with Crippen molar-refractivity contribution in [3.8, 4) is 0 Å². The third-order valence-electron chi connectivity index (χ3n) is 5.53. The molecule has 6 heteroatoms. The molecule has 154 valence electrons. The fourth-order valence-electron chi connectivity index (χ4n) is 4.00. The number of halogens is 1. The second-order valence-electron chi connectivity index (χ2n) is 7.92. The van der Waals surface area contributed by atoms with Gasteiger partial charge in [0, 0.05) is 35.1 Å². The van der Waals surface area contributed by atoms with Crippen LogP contribution in [0.2, 0.25) is 5.02 Å². The second-order valence-corrected chi connectivity index (χ2v) is 8.35. The van der Waals surface area contributed by atoms with Crippen molar-refractivity contribution in [2.45, 2.75) is 57.4 Å². The zero-order valence-corrected chi connectivity index (χ0v) is 17.6. The van der Waals surface area contributed by atoms with Crippen molar-refractivity contribution in [3.63, 3.8) is 0 Å². The lowest BCUT2D eigenvalue weighted by Crippen LogP contribution is -2.46. The molecule has 0 bridgehead atoms. The van der Waals surface area contributed by atoms with Crippen LogP contribution in [0.4, 0.5) is 0 Å². The number of benzene rings is 1. The number of rotatable bonds is 8. The van der Waals surface area contributed by atoms with Gasteiger partial charge >= 0.3 is 0 Å². The number of pyridine rings is 1. The average Bonchev–Trinajstić information content (AvgIpc) is 3.16. The van der Waals surface area contributed by atoms with E-state index in [0.717, 1.165) is 50.5 Å². The van der Waals surface area contributed by atoms with Crippen LogP contribution in [0.5, 0.6) is 0 Å². The van der Waals surface area contributed by atoms with Crippen LogP contribution in [0.15, 0.2) is 42.7 Å². The Morgan fingerprint density at radius 2 is 1.86 bits per heavy atom. The van der Waals surface area contributed by atoms with Gasteiger partial charge in [0.25, 0.3) is 11.8 Å². The molecule has 2 amide bonds. The number of aryl methyl sites for hydroxylation is 1. The standard InChI is InChI=1S/C23H28ClN3O2/c1-17-13-19(16-25-15-17)22(29)27-23(9-2-3-10-23)11-4-5-12-26-21(28)18-7-6-8-20(24)14-18/h6-8,13-16H,2-5,9-12H2,1H3,(H,26,28)(H,27,29). The number of unbranched alkanes of at least 4 members (excludes halogenated alkanes) is 1. The summed E-state index contributed by atoms with van der Waals surface area (Å²) in [6.45, 7) is 2.55. The van der Waals surface area contributed by atoms with E-state index in [-0.39, 0.29) is 17.4 Å². The molecule has 5 nitrogen and oxygen atoms in total. The summed E-state index contributed by atoms with van der Waals surface area (Å²) in [6.07, 6.45) is 10.4. The third-order valence-corrected chi connectivity index (χ3v) is 5.77. The molecule has 1 fully saturated rings. The molecule has 0 saturated heterocycles. The number of hydrogen-bond acceptors (Lipinski definition) is 3. The van der Waals surface area contributed by atoms with E-state index in [9.17, 15) is 9.59 Å². The first-order chi connectivity index (χ1) is 14.0. The van der Waals surface area contributed by atoms with Crippen LogP contribution in [0.3, 0.4) is 0 Å². The summed E-state index contributed by atoms with van der Waals surface area (Å²) >= 11 is 5.94. The molecule has 1 aliphatic rings. The Labute approximate surface area is 177 Å². The Hall–Kier alpha value is -2.40. The summed E-state index contributed by atoms with van der Waals surface area (Å²) in [4.78, 5) is 29.0. The molecule has 3 rings (SSSR count). The molecule has 1 heterocycles. The van der Waals surface area contributed by atoms with Gasteiger partial charge in [0.2, 0.25) is 0 Å². The van der Waals surface area contributed by atoms with Gasteiger partial charge in [0.05, 0.1) is 5.56 Å². The van der Waals surface area contributed by atoms with Gasteiger partial charge < -0.3 is 10.6 Å². The van der Waals surface area contributed by atoms with Gasteiger partial charge in [0.15, 0.2) is 0 Å². The summed E-state index contributed by atoms with van der Waals surface area (Å²) in [7, 11) is 0. The van der Waals surface area contributed by atoms with Crippen molar-refractivity contribution >= 4 is 23.4 Å². The summed E-state index contributed by atoms with van der Waals surface area (Å²) in [5.41, 5.74) is 2.03. The highest BCUT2D eigenvalue weighted by Crippen LogP contribution is 2.34. The van der Waals surface area contributed by atoms with Crippen molar-refractivity contribution in [2.24, 2.45) is 0 Å². The van der Waals surface area contributed by atoms with Crippen LogP contribution in [-0.2, 0) is 0 Å². The Bertz CT molecular complexity index is 863. The summed E-state index contributed by atoms with van der Waals surface area (Å²) < 4.78 is 0. The Morgan fingerprint density at radius 3 is 2.59 bits per heavy atom. The highest BCUT2D eigenvalue weighted by atomic mass is 35.5. The van der Waals surface area contributed by atoms with E-state index >= 15 is 0 Å². The lowest BCUT2D eigenvalue weighted by atomic mass is 9.90. The summed E-state index contributed by atoms with van der Waals surface area (Å²) in [5.74, 6) is -0.152. The number of hydrogen-bond donors (Lipinski definition) is 2. The highest BCUT2D eigenvalue weighted by Gasteiger charge is 2.34. The minimum absolute atomic E-state index is 0.0441. The minimum atomic E-state index is -0.141. The van der Waals surface area contributed by atoms with Gasteiger partial charge in [-0.2, -0.15) is 0 Å². The third kappa shape index (κ3) is 6.04. The highest BCUT2D eigenvalue weighted by molar-refractivity contribution is 6.30. The van der Waals surface area contributed by atoms with Crippen molar-refractivity contribution in [1.82, 2.24) is 15.6 Å². The lowest BCUT2D eigenvalue weighted by molar-refractivity contribution is 0.0892. The molecule has 1 saturated carbocycles. The number of carbonyl (C=O) groups excluding carboxylic acids is 2.